The zero-order valence-corrected chi connectivity index (χ0v) is 11.6. The maximum atomic E-state index is 12.3. The van der Waals surface area contributed by atoms with Crippen molar-refractivity contribution in [3.8, 4) is 17.2 Å². The molecule has 0 N–H and O–H groups in total. The summed E-state index contributed by atoms with van der Waals surface area (Å²) < 4.78 is 20.3. The van der Waals surface area contributed by atoms with Gasteiger partial charge in [-0.1, -0.05) is 6.92 Å². The van der Waals surface area contributed by atoms with Gasteiger partial charge >= 0.3 is 5.97 Å². The molecule has 1 unspecified atom stereocenters. The summed E-state index contributed by atoms with van der Waals surface area (Å²) in [5, 5.41) is 0. The smallest absolute Gasteiger partial charge is 0.306 e. The van der Waals surface area contributed by atoms with E-state index in [-0.39, 0.29) is 19.0 Å². The summed E-state index contributed by atoms with van der Waals surface area (Å²) in [7, 11) is 2.78. The van der Waals surface area contributed by atoms with Crippen LogP contribution in [0, 0.1) is 5.92 Å². The van der Waals surface area contributed by atoms with Gasteiger partial charge in [-0.2, -0.15) is 0 Å². The lowest BCUT2D eigenvalue weighted by molar-refractivity contribution is -0.141. The predicted octanol–water partition coefficient (Wildman–Crippen LogP) is 1.81. The molecule has 20 heavy (non-hydrogen) atoms. The van der Waals surface area contributed by atoms with Crippen LogP contribution in [-0.2, 0) is 9.53 Å². The van der Waals surface area contributed by atoms with Gasteiger partial charge in [0.05, 0.1) is 20.6 Å². The number of ketones is 1. The molecule has 0 saturated heterocycles. The standard InChI is InChI=1S/C14H16O6/c1-8(4-12(15)18-3)13(16)9-5-10(17-2)14-11(6-9)19-7-20-14/h5-6,8H,4,7H2,1-3H3. The highest BCUT2D eigenvalue weighted by atomic mass is 16.7. The van der Waals surface area contributed by atoms with E-state index >= 15 is 0 Å². The Morgan fingerprint density at radius 2 is 2.05 bits per heavy atom. The Labute approximate surface area is 116 Å². The van der Waals surface area contributed by atoms with Crippen LogP contribution in [0.5, 0.6) is 17.2 Å². The van der Waals surface area contributed by atoms with Crippen LogP contribution in [0.15, 0.2) is 12.1 Å². The highest BCUT2D eigenvalue weighted by molar-refractivity contribution is 6.00. The maximum Gasteiger partial charge on any atom is 0.306 e. The fourth-order valence-corrected chi connectivity index (χ4v) is 1.98. The number of ether oxygens (including phenoxy) is 4. The SMILES string of the molecule is COC(=O)CC(C)C(=O)c1cc(OC)c2c(c1)OCO2. The van der Waals surface area contributed by atoms with Crippen LogP contribution in [-0.4, -0.2) is 32.8 Å². The maximum absolute atomic E-state index is 12.3. The lowest BCUT2D eigenvalue weighted by Gasteiger charge is -2.11. The molecule has 1 aromatic rings. The average molecular weight is 280 g/mol. The fraction of sp³-hybridized carbons (Fsp3) is 0.429. The monoisotopic (exact) mass is 280 g/mol. The Hall–Kier alpha value is -2.24. The number of hydrogen-bond acceptors (Lipinski definition) is 6. The molecule has 0 bridgehead atoms. The van der Waals surface area contributed by atoms with Crippen molar-refractivity contribution in [2.24, 2.45) is 5.92 Å². The Kier molecular flexibility index (Phi) is 4.12. The van der Waals surface area contributed by atoms with Crippen molar-refractivity contribution in [3.63, 3.8) is 0 Å². The molecule has 6 nitrogen and oxygen atoms in total. The molecule has 1 aliphatic heterocycles. The number of Topliss-reactive ketones (excluding diaryl/α,β-unsaturated/α-hetero) is 1. The van der Waals surface area contributed by atoms with E-state index in [0.717, 1.165) is 0 Å². The molecule has 1 aliphatic rings. The highest BCUT2D eigenvalue weighted by Crippen LogP contribution is 2.42. The summed E-state index contributed by atoms with van der Waals surface area (Å²) in [6.07, 6.45) is 0.0338. The quantitative estimate of drug-likeness (QED) is 0.605. The van der Waals surface area contributed by atoms with E-state index in [4.69, 9.17) is 14.2 Å². The van der Waals surface area contributed by atoms with E-state index in [2.05, 4.69) is 4.74 Å². The molecule has 0 spiro atoms. The summed E-state index contributed by atoms with van der Waals surface area (Å²) >= 11 is 0. The van der Waals surface area contributed by atoms with Crippen molar-refractivity contribution in [2.45, 2.75) is 13.3 Å². The summed E-state index contributed by atoms with van der Waals surface area (Å²) in [6.45, 7) is 1.78. The molecule has 2 rings (SSSR count). The van der Waals surface area contributed by atoms with Crippen molar-refractivity contribution in [3.05, 3.63) is 17.7 Å². The molecule has 0 fully saturated rings. The van der Waals surface area contributed by atoms with Crippen molar-refractivity contribution in [1.82, 2.24) is 0 Å². The second-order valence-electron chi connectivity index (χ2n) is 4.46. The second-order valence-corrected chi connectivity index (χ2v) is 4.46. The minimum atomic E-state index is -0.479. The van der Waals surface area contributed by atoms with Crippen molar-refractivity contribution in [1.29, 1.82) is 0 Å². The Morgan fingerprint density at radius 3 is 2.70 bits per heavy atom. The van der Waals surface area contributed by atoms with Gasteiger partial charge in [-0.05, 0) is 12.1 Å². The zero-order valence-electron chi connectivity index (χ0n) is 11.6. The number of carbonyl (C=O) groups excluding carboxylic acids is 2. The summed E-state index contributed by atoms with van der Waals surface area (Å²) in [5.74, 6) is 0.328. The topological polar surface area (TPSA) is 71.1 Å². The van der Waals surface area contributed by atoms with Crippen molar-refractivity contribution in [2.75, 3.05) is 21.0 Å². The first kappa shape index (κ1) is 14.2. The van der Waals surface area contributed by atoms with E-state index in [1.807, 2.05) is 0 Å². The van der Waals surface area contributed by atoms with Gasteiger partial charge in [0, 0.05) is 11.5 Å². The normalized spacial score (nSPS) is 13.8. The third kappa shape index (κ3) is 2.68. The fourth-order valence-electron chi connectivity index (χ4n) is 1.98. The van der Waals surface area contributed by atoms with E-state index in [0.29, 0.717) is 22.8 Å². The molecule has 0 radical (unpaired) electrons. The molecular formula is C14H16O6. The van der Waals surface area contributed by atoms with Gasteiger partial charge in [-0.15, -0.1) is 0 Å². The van der Waals surface area contributed by atoms with Crippen LogP contribution in [0.1, 0.15) is 23.7 Å². The molecule has 0 saturated carbocycles. The number of rotatable bonds is 5. The number of esters is 1. The van der Waals surface area contributed by atoms with Gasteiger partial charge < -0.3 is 18.9 Å². The van der Waals surface area contributed by atoms with Crippen LogP contribution in [0.4, 0.5) is 0 Å². The van der Waals surface area contributed by atoms with Gasteiger partial charge in [0.25, 0.3) is 0 Å². The Morgan fingerprint density at radius 1 is 1.30 bits per heavy atom. The first-order valence-electron chi connectivity index (χ1n) is 6.15. The van der Waals surface area contributed by atoms with E-state index in [1.165, 1.54) is 14.2 Å². The molecule has 1 aromatic carbocycles. The minimum absolute atomic E-state index is 0.0338. The Balaban J connectivity index is 2.24. The second kappa shape index (κ2) is 5.81. The Bertz CT molecular complexity index is 537. The molecular weight excluding hydrogens is 264 g/mol. The molecule has 0 aromatic heterocycles. The van der Waals surface area contributed by atoms with Crippen LogP contribution < -0.4 is 14.2 Å². The van der Waals surface area contributed by atoms with Crippen LogP contribution in [0.2, 0.25) is 0 Å². The molecule has 0 aliphatic carbocycles. The summed E-state index contributed by atoms with van der Waals surface area (Å²) in [4.78, 5) is 23.5. The molecule has 108 valence electrons. The van der Waals surface area contributed by atoms with Gasteiger partial charge in [-0.3, -0.25) is 9.59 Å². The third-order valence-electron chi connectivity index (χ3n) is 3.09. The van der Waals surface area contributed by atoms with Gasteiger partial charge in [0.2, 0.25) is 12.5 Å². The minimum Gasteiger partial charge on any atom is -0.493 e. The number of benzene rings is 1. The van der Waals surface area contributed by atoms with Crippen molar-refractivity contribution < 1.29 is 28.5 Å². The summed E-state index contributed by atoms with van der Waals surface area (Å²) in [5.41, 5.74) is 0.419. The number of fused-ring (bicyclic) bond motifs is 1. The van der Waals surface area contributed by atoms with Crippen LogP contribution in [0.25, 0.3) is 0 Å². The molecule has 6 heteroatoms. The van der Waals surface area contributed by atoms with Crippen LogP contribution >= 0.6 is 0 Å². The molecule has 1 atom stereocenters. The lowest BCUT2D eigenvalue weighted by atomic mass is 9.96. The first-order chi connectivity index (χ1) is 9.56. The largest absolute Gasteiger partial charge is 0.493 e. The van der Waals surface area contributed by atoms with E-state index in [1.54, 1.807) is 19.1 Å². The van der Waals surface area contributed by atoms with Crippen molar-refractivity contribution >= 4 is 11.8 Å². The molecule has 1 heterocycles. The van der Waals surface area contributed by atoms with Gasteiger partial charge in [0.15, 0.2) is 17.3 Å². The number of carbonyl (C=O) groups is 2. The summed E-state index contributed by atoms with van der Waals surface area (Å²) in [6, 6.07) is 3.19. The molecule has 0 amide bonds. The first-order valence-corrected chi connectivity index (χ1v) is 6.15. The predicted molar refractivity (Wildman–Crippen MR) is 69.2 cm³/mol. The highest BCUT2D eigenvalue weighted by Gasteiger charge is 2.25. The average Bonchev–Trinajstić information content (AvgIpc) is 2.93. The van der Waals surface area contributed by atoms with Gasteiger partial charge in [0.1, 0.15) is 0 Å². The lowest BCUT2D eigenvalue weighted by Crippen LogP contribution is -2.16. The zero-order chi connectivity index (χ0) is 14.7. The van der Waals surface area contributed by atoms with E-state index in [9.17, 15) is 9.59 Å². The number of methoxy groups -OCH3 is 2. The van der Waals surface area contributed by atoms with Crippen LogP contribution in [0.3, 0.4) is 0 Å². The van der Waals surface area contributed by atoms with E-state index < -0.39 is 11.9 Å². The van der Waals surface area contributed by atoms with Gasteiger partial charge in [-0.25, -0.2) is 0 Å². The third-order valence-corrected chi connectivity index (χ3v) is 3.09. The number of hydrogen-bond donors (Lipinski definition) is 0.